The highest BCUT2D eigenvalue weighted by molar-refractivity contribution is 5.20. The van der Waals surface area contributed by atoms with Gasteiger partial charge in [0.2, 0.25) is 0 Å². The second kappa shape index (κ2) is 6.25. The van der Waals surface area contributed by atoms with Gasteiger partial charge in [0.1, 0.15) is 12.4 Å². The van der Waals surface area contributed by atoms with Crippen LogP contribution < -0.4 is 16.0 Å². The van der Waals surface area contributed by atoms with Gasteiger partial charge in [-0.1, -0.05) is 12.1 Å². The molecule has 106 valence electrons. The zero-order valence-electron chi connectivity index (χ0n) is 10.6. The number of nitrogens with zero attached hydrogens (tertiary/aromatic N) is 2. The molecule has 1 aromatic carbocycles. The van der Waals surface area contributed by atoms with Crippen LogP contribution in [0.3, 0.4) is 0 Å². The van der Waals surface area contributed by atoms with Crippen molar-refractivity contribution in [2.45, 2.75) is 6.54 Å². The highest BCUT2D eigenvalue weighted by atomic mass is 19.2. The molecule has 7 heteroatoms. The Kier molecular flexibility index (Phi) is 4.41. The third-order valence-corrected chi connectivity index (χ3v) is 2.58. The van der Waals surface area contributed by atoms with Crippen molar-refractivity contribution in [1.82, 2.24) is 9.78 Å². The number of hydrogen-bond acceptors (Lipinski definition) is 4. The molecule has 2 N–H and O–H groups in total. The molecule has 0 aliphatic rings. The lowest BCUT2D eigenvalue weighted by atomic mass is 10.2. The molecule has 1 aromatic heterocycles. The summed E-state index contributed by atoms with van der Waals surface area (Å²) < 4.78 is 32.7. The topological polar surface area (TPSA) is 70.1 Å². The highest BCUT2D eigenvalue weighted by Gasteiger charge is 2.09. The zero-order valence-corrected chi connectivity index (χ0v) is 10.6. The standard InChI is InChI=1S/C13H13F2N3O2/c14-11-3-1-2-9(13(11)15)8-18-12(19)6-10(7-17-18)20-5-4-16/h1-3,6-7H,4-5,8,16H2. The van der Waals surface area contributed by atoms with Gasteiger partial charge in [-0.3, -0.25) is 4.79 Å². The molecule has 2 rings (SSSR count). The Morgan fingerprint density at radius 2 is 2.15 bits per heavy atom. The first-order valence-corrected chi connectivity index (χ1v) is 5.94. The van der Waals surface area contributed by atoms with Crippen LogP contribution in [0.2, 0.25) is 0 Å². The van der Waals surface area contributed by atoms with E-state index in [1.807, 2.05) is 0 Å². The van der Waals surface area contributed by atoms with E-state index >= 15 is 0 Å². The highest BCUT2D eigenvalue weighted by Crippen LogP contribution is 2.12. The molecule has 0 fully saturated rings. The average Bonchev–Trinajstić information content (AvgIpc) is 2.44. The maximum Gasteiger partial charge on any atom is 0.270 e. The average molecular weight is 281 g/mol. The first kappa shape index (κ1) is 14.1. The van der Waals surface area contributed by atoms with Gasteiger partial charge in [-0.05, 0) is 6.07 Å². The maximum atomic E-state index is 13.5. The van der Waals surface area contributed by atoms with E-state index in [-0.39, 0.29) is 24.5 Å². The summed E-state index contributed by atoms with van der Waals surface area (Å²) in [4.78, 5) is 11.8. The van der Waals surface area contributed by atoms with Gasteiger partial charge < -0.3 is 10.5 Å². The van der Waals surface area contributed by atoms with Gasteiger partial charge in [0.05, 0.1) is 12.7 Å². The van der Waals surface area contributed by atoms with Crippen LogP contribution in [0.4, 0.5) is 8.78 Å². The van der Waals surface area contributed by atoms with Crippen LogP contribution in [0.25, 0.3) is 0 Å². The SMILES string of the molecule is NCCOc1cnn(Cc2cccc(F)c2F)c(=O)c1. The van der Waals surface area contributed by atoms with Crippen LogP contribution in [-0.4, -0.2) is 22.9 Å². The number of benzene rings is 1. The van der Waals surface area contributed by atoms with Crippen LogP contribution in [0.5, 0.6) is 5.75 Å². The normalized spacial score (nSPS) is 10.6. The van der Waals surface area contributed by atoms with Gasteiger partial charge in [0.25, 0.3) is 5.56 Å². The van der Waals surface area contributed by atoms with Crippen LogP contribution >= 0.6 is 0 Å². The Morgan fingerprint density at radius 1 is 1.35 bits per heavy atom. The van der Waals surface area contributed by atoms with E-state index in [1.165, 1.54) is 24.4 Å². The number of aromatic nitrogens is 2. The Hall–Kier alpha value is -2.28. The summed E-state index contributed by atoms with van der Waals surface area (Å²) in [6, 6.07) is 5.00. The van der Waals surface area contributed by atoms with E-state index in [4.69, 9.17) is 10.5 Å². The molecule has 0 amide bonds. The number of nitrogens with two attached hydrogens (primary N) is 1. The minimum Gasteiger partial charge on any atom is -0.490 e. The number of ether oxygens (including phenoxy) is 1. The predicted molar refractivity (Wildman–Crippen MR) is 68.5 cm³/mol. The molecular weight excluding hydrogens is 268 g/mol. The van der Waals surface area contributed by atoms with Crippen molar-refractivity contribution < 1.29 is 13.5 Å². The van der Waals surface area contributed by atoms with Gasteiger partial charge in [-0.15, -0.1) is 0 Å². The quantitative estimate of drug-likeness (QED) is 0.884. The molecule has 0 saturated carbocycles. The van der Waals surface area contributed by atoms with E-state index in [9.17, 15) is 13.6 Å². The third-order valence-electron chi connectivity index (χ3n) is 2.58. The summed E-state index contributed by atoms with van der Waals surface area (Å²) in [5, 5.41) is 3.85. The predicted octanol–water partition coefficient (Wildman–Crippen LogP) is 0.907. The van der Waals surface area contributed by atoms with Crippen molar-refractivity contribution in [1.29, 1.82) is 0 Å². The van der Waals surface area contributed by atoms with Crippen LogP contribution in [0.15, 0.2) is 35.3 Å². The van der Waals surface area contributed by atoms with Gasteiger partial charge in [0.15, 0.2) is 11.6 Å². The molecule has 0 saturated heterocycles. The Balaban J connectivity index is 2.22. The molecular formula is C13H13F2N3O2. The van der Waals surface area contributed by atoms with Crippen LogP contribution in [0, 0.1) is 11.6 Å². The summed E-state index contributed by atoms with van der Waals surface area (Å²) >= 11 is 0. The molecule has 0 aliphatic carbocycles. The van der Waals surface area contributed by atoms with E-state index < -0.39 is 17.2 Å². The van der Waals surface area contributed by atoms with Crippen molar-refractivity contribution in [3.05, 3.63) is 58.0 Å². The van der Waals surface area contributed by atoms with E-state index in [1.54, 1.807) is 0 Å². The summed E-state index contributed by atoms with van der Waals surface area (Å²) in [5.41, 5.74) is 4.85. The Bertz CT molecular complexity index is 658. The molecule has 1 heterocycles. The second-order valence-corrected chi connectivity index (χ2v) is 4.04. The second-order valence-electron chi connectivity index (χ2n) is 4.04. The van der Waals surface area contributed by atoms with E-state index in [0.29, 0.717) is 6.54 Å². The van der Waals surface area contributed by atoms with Gasteiger partial charge in [0, 0.05) is 18.2 Å². The van der Waals surface area contributed by atoms with Gasteiger partial charge >= 0.3 is 0 Å². The first-order valence-electron chi connectivity index (χ1n) is 5.94. The van der Waals surface area contributed by atoms with Crippen molar-refractivity contribution in [3.63, 3.8) is 0 Å². The summed E-state index contributed by atoms with van der Waals surface area (Å²) in [6.07, 6.45) is 1.33. The maximum absolute atomic E-state index is 13.5. The largest absolute Gasteiger partial charge is 0.490 e. The molecule has 0 unspecified atom stereocenters. The molecule has 0 atom stereocenters. The molecule has 0 aliphatic heterocycles. The first-order chi connectivity index (χ1) is 9.61. The molecule has 0 radical (unpaired) electrons. The Labute approximate surface area is 113 Å². The third kappa shape index (κ3) is 3.18. The lowest BCUT2D eigenvalue weighted by Crippen LogP contribution is -2.23. The van der Waals surface area contributed by atoms with E-state index in [0.717, 1.165) is 10.7 Å². The molecule has 20 heavy (non-hydrogen) atoms. The van der Waals surface area contributed by atoms with Crippen LogP contribution in [0.1, 0.15) is 5.56 Å². The fraction of sp³-hybridized carbons (Fsp3) is 0.231. The zero-order chi connectivity index (χ0) is 14.5. The fourth-order valence-electron chi connectivity index (χ4n) is 1.62. The molecule has 2 aromatic rings. The molecule has 0 bridgehead atoms. The molecule has 0 spiro atoms. The number of rotatable bonds is 5. The lowest BCUT2D eigenvalue weighted by Gasteiger charge is -2.08. The smallest absolute Gasteiger partial charge is 0.270 e. The van der Waals surface area contributed by atoms with Crippen molar-refractivity contribution >= 4 is 0 Å². The van der Waals surface area contributed by atoms with Crippen molar-refractivity contribution in [3.8, 4) is 5.75 Å². The number of halogens is 2. The van der Waals surface area contributed by atoms with Gasteiger partial charge in [-0.25, -0.2) is 13.5 Å². The monoisotopic (exact) mass is 281 g/mol. The van der Waals surface area contributed by atoms with Crippen LogP contribution in [-0.2, 0) is 6.54 Å². The summed E-state index contributed by atoms with van der Waals surface area (Å²) in [6.45, 7) is 0.431. The van der Waals surface area contributed by atoms with Crippen molar-refractivity contribution in [2.75, 3.05) is 13.2 Å². The summed E-state index contributed by atoms with van der Waals surface area (Å²) in [5.74, 6) is -1.65. The lowest BCUT2D eigenvalue weighted by molar-refractivity contribution is 0.324. The molecule has 5 nitrogen and oxygen atoms in total. The van der Waals surface area contributed by atoms with Gasteiger partial charge in [-0.2, -0.15) is 5.10 Å². The summed E-state index contributed by atoms with van der Waals surface area (Å²) in [7, 11) is 0. The fourth-order valence-corrected chi connectivity index (χ4v) is 1.62. The minimum atomic E-state index is -0.982. The van der Waals surface area contributed by atoms with Crippen molar-refractivity contribution in [2.24, 2.45) is 5.73 Å². The Morgan fingerprint density at radius 3 is 2.85 bits per heavy atom. The van der Waals surface area contributed by atoms with E-state index in [2.05, 4.69) is 5.10 Å². The minimum absolute atomic E-state index is 0.0511. The number of hydrogen-bond donors (Lipinski definition) is 1.